The van der Waals surface area contributed by atoms with E-state index < -0.39 is 24.0 Å². The number of primary amides is 1. The SMILES string of the molecule is CCCCCCCCOC(=O)[C@@H]1C2CCC(CC2)N1C(=O)C(CCCCN)N[C@@H](CCc1ccccc1)C(N)=O. The smallest absolute Gasteiger partial charge is 0.329 e. The maximum atomic E-state index is 14.2. The van der Waals surface area contributed by atoms with Gasteiger partial charge in [0.1, 0.15) is 6.04 Å². The number of aryl methyl sites for hydroxylation is 1. The summed E-state index contributed by atoms with van der Waals surface area (Å²) in [6.07, 6.45) is 13.7. The molecule has 0 spiro atoms. The number of unbranched alkanes of at least 4 members (excludes halogenated alkanes) is 6. The zero-order valence-electron chi connectivity index (χ0n) is 24.5. The molecule has 2 heterocycles. The number of esters is 1. The Hall–Kier alpha value is -2.45. The number of rotatable bonds is 19. The summed E-state index contributed by atoms with van der Waals surface area (Å²) in [6, 6.07) is 8.17. The number of ether oxygens (including phenoxy) is 1. The van der Waals surface area contributed by atoms with Crippen LogP contribution >= 0.6 is 0 Å². The Kier molecular flexibility index (Phi) is 13.9. The molecule has 1 aliphatic carbocycles. The molecule has 2 amide bonds. The minimum atomic E-state index is -0.646. The van der Waals surface area contributed by atoms with Crippen LogP contribution in [0.4, 0.5) is 0 Å². The van der Waals surface area contributed by atoms with Gasteiger partial charge in [0.25, 0.3) is 0 Å². The van der Waals surface area contributed by atoms with E-state index in [2.05, 4.69) is 12.2 Å². The summed E-state index contributed by atoms with van der Waals surface area (Å²) >= 11 is 0. The van der Waals surface area contributed by atoms with Gasteiger partial charge in [-0.25, -0.2) is 4.79 Å². The Labute approximate surface area is 240 Å². The molecule has 1 aromatic rings. The van der Waals surface area contributed by atoms with Gasteiger partial charge in [-0.05, 0) is 75.8 Å². The first-order valence-electron chi connectivity index (χ1n) is 15.7. The quantitative estimate of drug-likeness (QED) is 0.173. The molecular weight excluding hydrogens is 504 g/mol. The van der Waals surface area contributed by atoms with Crippen molar-refractivity contribution in [1.82, 2.24) is 10.2 Å². The third-order valence-corrected chi connectivity index (χ3v) is 8.67. The third-order valence-electron chi connectivity index (χ3n) is 8.67. The predicted molar refractivity (Wildman–Crippen MR) is 158 cm³/mol. The van der Waals surface area contributed by atoms with E-state index in [1.807, 2.05) is 35.2 Å². The Balaban J connectivity index is 1.68. The lowest BCUT2D eigenvalue weighted by Gasteiger charge is -2.51. The highest BCUT2D eigenvalue weighted by atomic mass is 16.5. The number of nitrogens with zero attached hydrogens (tertiary/aromatic N) is 1. The Morgan fingerprint density at radius 2 is 1.62 bits per heavy atom. The van der Waals surface area contributed by atoms with Crippen molar-refractivity contribution in [3.05, 3.63) is 35.9 Å². The number of hydrogen-bond acceptors (Lipinski definition) is 6. The summed E-state index contributed by atoms with van der Waals surface area (Å²) < 4.78 is 5.76. The van der Waals surface area contributed by atoms with Crippen molar-refractivity contribution < 1.29 is 19.1 Å². The molecule has 1 unspecified atom stereocenters. The molecule has 5 N–H and O–H groups in total. The van der Waals surface area contributed by atoms with Crippen LogP contribution in [-0.2, 0) is 25.5 Å². The van der Waals surface area contributed by atoms with Crippen molar-refractivity contribution in [1.29, 1.82) is 0 Å². The van der Waals surface area contributed by atoms with Crippen LogP contribution in [0.3, 0.4) is 0 Å². The monoisotopic (exact) mass is 556 g/mol. The minimum Gasteiger partial charge on any atom is -0.464 e. The van der Waals surface area contributed by atoms with Gasteiger partial charge in [-0.2, -0.15) is 0 Å². The molecule has 8 nitrogen and oxygen atoms in total. The number of nitrogens with one attached hydrogen (secondary N) is 1. The lowest BCUT2D eigenvalue weighted by Crippen LogP contribution is -2.65. The summed E-state index contributed by atoms with van der Waals surface area (Å²) in [7, 11) is 0. The van der Waals surface area contributed by atoms with E-state index >= 15 is 0 Å². The van der Waals surface area contributed by atoms with E-state index in [0.717, 1.165) is 63.4 Å². The molecule has 224 valence electrons. The highest BCUT2D eigenvalue weighted by Gasteiger charge is 2.49. The number of carbonyl (C=O) groups is 3. The summed E-state index contributed by atoms with van der Waals surface area (Å²) in [5, 5.41) is 3.32. The van der Waals surface area contributed by atoms with Gasteiger partial charge in [0.15, 0.2) is 0 Å². The normalized spacial score (nSPS) is 21.6. The third kappa shape index (κ3) is 9.58. The molecule has 3 aliphatic rings. The van der Waals surface area contributed by atoms with Crippen LogP contribution < -0.4 is 16.8 Å². The van der Waals surface area contributed by atoms with E-state index in [4.69, 9.17) is 16.2 Å². The van der Waals surface area contributed by atoms with Gasteiger partial charge in [0, 0.05) is 6.04 Å². The second kappa shape index (κ2) is 17.4. The van der Waals surface area contributed by atoms with Crippen LogP contribution in [0.5, 0.6) is 0 Å². The summed E-state index contributed by atoms with van der Waals surface area (Å²) in [5.74, 6) is -0.727. The average molecular weight is 557 g/mol. The largest absolute Gasteiger partial charge is 0.464 e. The number of piperidine rings is 2. The van der Waals surface area contributed by atoms with Crippen molar-refractivity contribution in [3.8, 4) is 0 Å². The van der Waals surface area contributed by atoms with Crippen LogP contribution in [0.1, 0.15) is 102 Å². The Bertz CT molecular complexity index is 903. The summed E-state index contributed by atoms with van der Waals surface area (Å²) in [6.45, 7) is 3.14. The number of nitrogens with two attached hydrogens (primary N) is 2. The first-order valence-corrected chi connectivity index (χ1v) is 15.7. The number of fused-ring (bicyclic) bond motifs is 3. The predicted octanol–water partition coefficient (Wildman–Crippen LogP) is 4.23. The molecule has 3 atom stereocenters. The number of carbonyl (C=O) groups excluding carboxylic acids is 3. The Morgan fingerprint density at radius 1 is 0.925 bits per heavy atom. The van der Waals surface area contributed by atoms with Crippen molar-refractivity contribution in [2.75, 3.05) is 13.2 Å². The molecule has 2 bridgehead atoms. The van der Waals surface area contributed by atoms with Gasteiger partial charge >= 0.3 is 5.97 Å². The average Bonchev–Trinajstić information content (AvgIpc) is 2.98. The van der Waals surface area contributed by atoms with Gasteiger partial charge in [0.05, 0.1) is 18.7 Å². The number of benzene rings is 1. The summed E-state index contributed by atoms with van der Waals surface area (Å²) in [4.78, 5) is 41.8. The first kappa shape index (κ1) is 32.1. The number of amides is 2. The molecule has 1 aromatic carbocycles. The molecule has 2 saturated heterocycles. The molecule has 4 rings (SSSR count). The molecular formula is C32H52N4O4. The van der Waals surface area contributed by atoms with E-state index in [9.17, 15) is 14.4 Å². The van der Waals surface area contributed by atoms with E-state index in [0.29, 0.717) is 32.4 Å². The van der Waals surface area contributed by atoms with Gasteiger partial charge in [0.2, 0.25) is 11.8 Å². The molecule has 0 aromatic heterocycles. The van der Waals surface area contributed by atoms with Crippen LogP contribution in [0, 0.1) is 5.92 Å². The fourth-order valence-corrected chi connectivity index (χ4v) is 6.37. The van der Waals surface area contributed by atoms with Crippen LogP contribution in [0.15, 0.2) is 30.3 Å². The van der Waals surface area contributed by atoms with Crippen molar-refractivity contribution in [3.63, 3.8) is 0 Å². The van der Waals surface area contributed by atoms with Gasteiger partial charge in [-0.15, -0.1) is 0 Å². The molecule has 0 radical (unpaired) electrons. The molecule has 8 heteroatoms. The van der Waals surface area contributed by atoms with E-state index in [1.165, 1.54) is 19.3 Å². The van der Waals surface area contributed by atoms with Crippen molar-refractivity contribution in [2.45, 2.75) is 127 Å². The second-order valence-electron chi connectivity index (χ2n) is 11.7. The van der Waals surface area contributed by atoms with Gasteiger partial charge in [-0.1, -0.05) is 75.8 Å². The van der Waals surface area contributed by atoms with Gasteiger partial charge in [-0.3, -0.25) is 14.9 Å². The molecule has 3 fully saturated rings. The van der Waals surface area contributed by atoms with Crippen LogP contribution in [-0.4, -0.2) is 60.0 Å². The van der Waals surface area contributed by atoms with E-state index in [-0.39, 0.29) is 23.8 Å². The van der Waals surface area contributed by atoms with E-state index in [1.54, 1.807) is 0 Å². The molecule has 40 heavy (non-hydrogen) atoms. The molecule has 1 saturated carbocycles. The maximum Gasteiger partial charge on any atom is 0.329 e. The highest BCUT2D eigenvalue weighted by molar-refractivity contribution is 5.89. The zero-order chi connectivity index (χ0) is 28.7. The fraction of sp³-hybridized carbons (Fsp3) is 0.719. The lowest BCUT2D eigenvalue weighted by atomic mass is 9.74. The fourth-order valence-electron chi connectivity index (χ4n) is 6.37. The topological polar surface area (TPSA) is 128 Å². The van der Waals surface area contributed by atoms with Crippen molar-refractivity contribution in [2.24, 2.45) is 17.4 Å². The van der Waals surface area contributed by atoms with Crippen molar-refractivity contribution >= 4 is 17.8 Å². The number of hydrogen-bond donors (Lipinski definition) is 3. The van der Waals surface area contributed by atoms with Crippen LogP contribution in [0.25, 0.3) is 0 Å². The van der Waals surface area contributed by atoms with Gasteiger partial charge < -0.3 is 21.1 Å². The zero-order valence-corrected chi connectivity index (χ0v) is 24.5. The maximum absolute atomic E-state index is 14.2. The van der Waals surface area contributed by atoms with Crippen LogP contribution in [0.2, 0.25) is 0 Å². The highest BCUT2D eigenvalue weighted by Crippen LogP contribution is 2.40. The lowest BCUT2D eigenvalue weighted by molar-refractivity contribution is -0.168. The summed E-state index contributed by atoms with van der Waals surface area (Å²) in [5.41, 5.74) is 12.7. The minimum absolute atomic E-state index is 0.0271. The second-order valence-corrected chi connectivity index (χ2v) is 11.7. The Morgan fingerprint density at radius 3 is 2.30 bits per heavy atom. The standard InChI is InChI=1S/C32H52N4O4/c1-2-3-4-5-6-12-23-40-32(39)29-25-17-19-26(20-18-25)36(29)31(38)28(15-10-11-22-33)35-27(30(34)37)21-16-24-13-8-7-9-14-24/h7-9,13-14,25-29,35H,2-6,10-12,15-23,33H2,1H3,(H2,34,37)/t25?,26?,27-,28?,29-/m0/s1. The molecule has 2 aliphatic heterocycles. The first-order chi connectivity index (χ1) is 19.5.